The molecule has 2 atom stereocenters. The van der Waals surface area contributed by atoms with E-state index in [0.717, 1.165) is 38.2 Å². The zero-order valence-corrected chi connectivity index (χ0v) is 13.6. The van der Waals surface area contributed by atoms with Gasteiger partial charge in [0, 0.05) is 55.5 Å². The number of aromatic nitrogens is 2. The lowest BCUT2D eigenvalue weighted by Crippen LogP contribution is -2.45. The minimum absolute atomic E-state index is 0.223. The number of hydrogen-bond acceptors (Lipinski definition) is 4. The van der Waals surface area contributed by atoms with Crippen LogP contribution in [0.15, 0.2) is 12.4 Å². The molecular formula is C17H26N4O. The van der Waals surface area contributed by atoms with Crippen LogP contribution in [0.1, 0.15) is 63.3 Å². The molecule has 2 aliphatic rings. The molecule has 1 amide bonds. The largest absolute Gasteiger partial charge is 0.352 e. The van der Waals surface area contributed by atoms with Crippen LogP contribution >= 0.6 is 0 Å². The van der Waals surface area contributed by atoms with Crippen molar-refractivity contribution in [2.75, 3.05) is 6.54 Å². The second-order valence-electron chi connectivity index (χ2n) is 6.85. The highest BCUT2D eigenvalue weighted by Gasteiger charge is 2.35. The fourth-order valence-corrected chi connectivity index (χ4v) is 3.56. The molecule has 22 heavy (non-hydrogen) atoms. The van der Waals surface area contributed by atoms with Gasteiger partial charge in [-0.05, 0) is 19.3 Å². The number of carbonyl (C=O) groups excluding carboxylic acids is 1. The van der Waals surface area contributed by atoms with E-state index in [1.807, 2.05) is 12.4 Å². The average Bonchev–Trinajstić information content (AvgIpc) is 2.83. The second-order valence-corrected chi connectivity index (χ2v) is 6.85. The first-order valence-corrected chi connectivity index (χ1v) is 8.47. The van der Waals surface area contributed by atoms with Crippen molar-refractivity contribution in [3.8, 4) is 0 Å². The number of rotatable bonds is 3. The first kappa shape index (κ1) is 15.4. The van der Waals surface area contributed by atoms with Crippen LogP contribution in [-0.4, -0.2) is 39.4 Å². The van der Waals surface area contributed by atoms with Crippen molar-refractivity contribution >= 4 is 5.91 Å². The Labute approximate surface area is 132 Å². The van der Waals surface area contributed by atoms with Crippen LogP contribution in [0.25, 0.3) is 0 Å². The van der Waals surface area contributed by atoms with Gasteiger partial charge < -0.3 is 5.32 Å². The third kappa shape index (κ3) is 3.46. The van der Waals surface area contributed by atoms with E-state index in [0.29, 0.717) is 24.4 Å². The maximum atomic E-state index is 11.8. The standard InChI is InChI=1S/C17H26N4O/c1-12(2)17-18-9-13(10-19-17)11-21-8-7-14-15(21)5-3-4-6-16(22)20-14/h9-10,12,14-15H,3-8,11H2,1-2H3,(H,20,22)/t14-,15+/m0/s1. The minimum Gasteiger partial charge on any atom is -0.352 e. The Kier molecular flexibility index (Phi) is 4.71. The van der Waals surface area contributed by atoms with Crippen LogP contribution in [-0.2, 0) is 11.3 Å². The summed E-state index contributed by atoms with van der Waals surface area (Å²) in [6.07, 6.45) is 8.99. The van der Waals surface area contributed by atoms with Crippen molar-refractivity contribution < 1.29 is 4.79 Å². The van der Waals surface area contributed by atoms with Gasteiger partial charge in [-0.25, -0.2) is 9.97 Å². The SMILES string of the molecule is CC(C)c1ncc(CN2CC[C@@H]3NC(=O)CCCC[C@H]32)cn1. The zero-order valence-electron chi connectivity index (χ0n) is 13.6. The Morgan fingerprint density at radius 3 is 2.77 bits per heavy atom. The highest BCUT2D eigenvalue weighted by Crippen LogP contribution is 2.26. The molecule has 3 rings (SSSR count). The van der Waals surface area contributed by atoms with Gasteiger partial charge in [0.15, 0.2) is 0 Å². The quantitative estimate of drug-likeness (QED) is 0.930. The summed E-state index contributed by atoms with van der Waals surface area (Å²) in [6, 6.07) is 0.790. The number of carbonyl (C=O) groups is 1. The predicted molar refractivity (Wildman–Crippen MR) is 85.3 cm³/mol. The second kappa shape index (κ2) is 6.73. The third-order valence-electron chi connectivity index (χ3n) is 4.79. The first-order chi connectivity index (χ1) is 10.6. The molecule has 0 aliphatic carbocycles. The van der Waals surface area contributed by atoms with Crippen LogP contribution < -0.4 is 5.32 Å². The lowest BCUT2D eigenvalue weighted by atomic mass is 9.98. The van der Waals surface area contributed by atoms with Crippen molar-refractivity contribution in [2.45, 2.75) is 70.5 Å². The van der Waals surface area contributed by atoms with Crippen molar-refractivity contribution in [3.63, 3.8) is 0 Å². The number of hydrogen-bond donors (Lipinski definition) is 1. The van der Waals surface area contributed by atoms with Gasteiger partial charge in [-0.3, -0.25) is 9.69 Å². The van der Waals surface area contributed by atoms with Crippen LogP contribution in [0.3, 0.4) is 0 Å². The molecule has 2 fully saturated rings. The lowest BCUT2D eigenvalue weighted by molar-refractivity contribution is -0.122. The molecule has 1 aromatic heterocycles. The van der Waals surface area contributed by atoms with Gasteiger partial charge >= 0.3 is 0 Å². The number of fused-ring (bicyclic) bond motifs is 1. The van der Waals surface area contributed by atoms with E-state index in [4.69, 9.17) is 0 Å². The normalized spacial score (nSPS) is 26.4. The summed E-state index contributed by atoms with van der Waals surface area (Å²) >= 11 is 0. The summed E-state index contributed by atoms with van der Waals surface area (Å²) in [5.41, 5.74) is 1.17. The van der Waals surface area contributed by atoms with Gasteiger partial charge in [-0.15, -0.1) is 0 Å². The van der Waals surface area contributed by atoms with E-state index in [9.17, 15) is 4.79 Å². The van der Waals surface area contributed by atoms with Crippen LogP contribution in [0.2, 0.25) is 0 Å². The molecule has 0 radical (unpaired) electrons. The number of nitrogens with zero attached hydrogens (tertiary/aromatic N) is 3. The Hall–Kier alpha value is -1.49. The molecule has 0 saturated carbocycles. The zero-order chi connectivity index (χ0) is 15.5. The average molecular weight is 302 g/mol. The molecular weight excluding hydrogens is 276 g/mol. The maximum absolute atomic E-state index is 11.8. The van der Waals surface area contributed by atoms with Crippen LogP contribution in [0.4, 0.5) is 0 Å². The van der Waals surface area contributed by atoms with Crippen molar-refractivity contribution in [1.29, 1.82) is 0 Å². The summed E-state index contributed by atoms with van der Waals surface area (Å²) < 4.78 is 0. The molecule has 0 bridgehead atoms. The van der Waals surface area contributed by atoms with Crippen molar-refractivity contribution in [1.82, 2.24) is 20.2 Å². The minimum atomic E-state index is 0.223. The van der Waals surface area contributed by atoms with Gasteiger partial charge in [0.2, 0.25) is 5.91 Å². The van der Waals surface area contributed by atoms with Gasteiger partial charge in [0.05, 0.1) is 0 Å². The molecule has 0 aromatic carbocycles. The van der Waals surface area contributed by atoms with E-state index < -0.39 is 0 Å². The Balaban J connectivity index is 1.66. The molecule has 1 N–H and O–H groups in total. The topological polar surface area (TPSA) is 58.1 Å². The lowest BCUT2D eigenvalue weighted by Gasteiger charge is -2.30. The molecule has 2 saturated heterocycles. The van der Waals surface area contributed by atoms with Gasteiger partial charge in [0.25, 0.3) is 0 Å². The fourth-order valence-electron chi connectivity index (χ4n) is 3.56. The van der Waals surface area contributed by atoms with E-state index in [1.54, 1.807) is 0 Å². The molecule has 5 nitrogen and oxygen atoms in total. The summed E-state index contributed by atoms with van der Waals surface area (Å²) in [7, 11) is 0. The summed E-state index contributed by atoms with van der Waals surface area (Å²) in [6.45, 7) is 6.14. The van der Waals surface area contributed by atoms with Crippen LogP contribution in [0, 0.1) is 0 Å². The Morgan fingerprint density at radius 2 is 2.05 bits per heavy atom. The Bertz CT molecular complexity index is 514. The van der Waals surface area contributed by atoms with E-state index in [1.165, 1.54) is 12.0 Å². The smallest absolute Gasteiger partial charge is 0.220 e. The van der Waals surface area contributed by atoms with E-state index in [2.05, 4.69) is 34.0 Å². The Morgan fingerprint density at radius 1 is 1.27 bits per heavy atom. The summed E-state index contributed by atoms with van der Waals surface area (Å²) in [5.74, 6) is 1.49. The van der Waals surface area contributed by atoms with Gasteiger partial charge in [-0.2, -0.15) is 0 Å². The monoisotopic (exact) mass is 302 g/mol. The molecule has 5 heteroatoms. The molecule has 0 unspecified atom stereocenters. The predicted octanol–water partition coefficient (Wildman–Crippen LogP) is 2.23. The van der Waals surface area contributed by atoms with Gasteiger partial charge in [-0.1, -0.05) is 20.3 Å². The van der Waals surface area contributed by atoms with Crippen molar-refractivity contribution in [3.05, 3.63) is 23.8 Å². The summed E-state index contributed by atoms with van der Waals surface area (Å²) in [5, 5.41) is 3.21. The van der Waals surface area contributed by atoms with Gasteiger partial charge in [0.1, 0.15) is 5.82 Å². The first-order valence-electron chi connectivity index (χ1n) is 8.47. The third-order valence-corrected chi connectivity index (χ3v) is 4.79. The van der Waals surface area contributed by atoms with E-state index >= 15 is 0 Å². The van der Waals surface area contributed by atoms with E-state index in [-0.39, 0.29) is 5.91 Å². The molecule has 1 aromatic rings. The molecule has 2 aliphatic heterocycles. The highest BCUT2D eigenvalue weighted by atomic mass is 16.1. The molecule has 3 heterocycles. The summed E-state index contributed by atoms with van der Waals surface area (Å²) in [4.78, 5) is 23.2. The molecule has 0 spiro atoms. The van der Waals surface area contributed by atoms with Crippen molar-refractivity contribution in [2.24, 2.45) is 0 Å². The number of amides is 1. The van der Waals surface area contributed by atoms with Crippen LogP contribution in [0.5, 0.6) is 0 Å². The molecule has 120 valence electrons. The number of nitrogens with one attached hydrogen (secondary N) is 1. The fraction of sp³-hybridized carbons (Fsp3) is 0.706. The highest BCUT2D eigenvalue weighted by molar-refractivity contribution is 5.76. The maximum Gasteiger partial charge on any atom is 0.220 e. The number of likely N-dealkylation sites (tertiary alicyclic amines) is 1.